The van der Waals surface area contributed by atoms with Gasteiger partial charge >= 0.3 is 0 Å². The lowest BCUT2D eigenvalue weighted by Gasteiger charge is -1.99. The van der Waals surface area contributed by atoms with E-state index < -0.39 is 0 Å². The standard InChI is InChI=1S/C13H14ClFN2O2/c1-18-5-4-16-8-10-7-13(19-17-10)11-3-2-9(15)6-12(11)14/h2-3,6-7,16H,4-5,8H2,1H3. The molecular formula is C13H14ClFN2O2. The van der Waals surface area contributed by atoms with Gasteiger partial charge in [-0.1, -0.05) is 16.8 Å². The Labute approximate surface area is 115 Å². The minimum Gasteiger partial charge on any atom is -0.383 e. The molecule has 0 radical (unpaired) electrons. The summed E-state index contributed by atoms with van der Waals surface area (Å²) in [5.41, 5.74) is 1.38. The van der Waals surface area contributed by atoms with E-state index in [-0.39, 0.29) is 5.82 Å². The molecule has 6 heteroatoms. The van der Waals surface area contributed by atoms with Gasteiger partial charge in [-0.25, -0.2) is 4.39 Å². The summed E-state index contributed by atoms with van der Waals surface area (Å²) >= 11 is 5.96. The first kappa shape index (κ1) is 14.0. The van der Waals surface area contributed by atoms with Crippen molar-refractivity contribution in [1.82, 2.24) is 10.5 Å². The van der Waals surface area contributed by atoms with E-state index in [1.165, 1.54) is 12.1 Å². The van der Waals surface area contributed by atoms with Crippen LogP contribution in [-0.2, 0) is 11.3 Å². The van der Waals surface area contributed by atoms with Crippen LogP contribution in [0.2, 0.25) is 5.02 Å². The Kier molecular flexibility index (Phi) is 4.90. The molecule has 102 valence electrons. The van der Waals surface area contributed by atoms with Crippen molar-refractivity contribution in [3.05, 3.63) is 40.8 Å². The van der Waals surface area contributed by atoms with Crippen molar-refractivity contribution in [1.29, 1.82) is 0 Å². The van der Waals surface area contributed by atoms with Gasteiger partial charge in [0.1, 0.15) is 5.82 Å². The van der Waals surface area contributed by atoms with Crippen molar-refractivity contribution in [2.75, 3.05) is 20.3 Å². The summed E-state index contributed by atoms with van der Waals surface area (Å²) in [5.74, 6) is 0.142. The first-order chi connectivity index (χ1) is 9.20. The molecule has 0 unspecified atom stereocenters. The van der Waals surface area contributed by atoms with Gasteiger partial charge in [0.2, 0.25) is 0 Å². The highest BCUT2D eigenvalue weighted by atomic mass is 35.5. The van der Waals surface area contributed by atoms with Crippen LogP contribution in [0.3, 0.4) is 0 Å². The van der Waals surface area contributed by atoms with Crippen LogP contribution in [0.5, 0.6) is 0 Å². The molecule has 0 aliphatic rings. The molecule has 0 aliphatic carbocycles. The molecule has 0 fully saturated rings. The van der Waals surface area contributed by atoms with Crippen molar-refractivity contribution in [3.8, 4) is 11.3 Å². The van der Waals surface area contributed by atoms with Crippen LogP contribution in [0.1, 0.15) is 5.69 Å². The Bertz CT molecular complexity index is 545. The van der Waals surface area contributed by atoms with Gasteiger partial charge < -0.3 is 14.6 Å². The Morgan fingerprint density at radius 2 is 2.26 bits per heavy atom. The molecule has 1 heterocycles. The molecular weight excluding hydrogens is 271 g/mol. The van der Waals surface area contributed by atoms with Crippen molar-refractivity contribution >= 4 is 11.6 Å². The average molecular weight is 285 g/mol. The van der Waals surface area contributed by atoms with Crippen LogP contribution in [0, 0.1) is 5.82 Å². The van der Waals surface area contributed by atoms with Crippen molar-refractivity contribution in [2.24, 2.45) is 0 Å². The second kappa shape index (κ2) is 6.65. The third-order valence-electron chi connectivity index (χ3n) is 2.54. The van der Waals surface area contributed by atoms with E-state index in [1.54, 1.807) is 19.2 Å². The molecule has 0 atom stereocenters. The quantitative estimate of drug-likeness (QED) is 0.829. The van der Waals surface area contributed by atoms with Crippen LogP contribution < -0.4 is 5.32 Å². The Morgan fingerprint density at radius 3 is 3.00 bits per heavy atom. The number of nitrogens with zero attached hydrogens (tertiary/aromatic N) is 1. The number of benzene rings is 1. The second-order valence-electron chi connectivity index (χ2n) is 3.98. The number of aromatic nitrogens is 1. The van der Waals surface area contributed by atoms with E-state index >= 15 is 0 Å². The third kappa shape index (κ3) is 3.76. The summed E-state index contributed by atoms with van der Waals surface area (Å²) in [4.78, 5) is 0. The Balaban J connectivity index is 2.04. The summed E-state index contributed by atoms with van der Waals surface area (Å²) in [5, 5.41) is 7.37. The molecule has 0 amide bonds. The van der Waals surface area contributed by atoms with E-state index in [0.29, 0.717) is 29.5 Å². The van der Waals surface area contributed by atoms with E-state index in [1.807, 2.05) is 0 Å². The lowest BCUT2D eigenvalue weighted by molar-refractivity contribution is 0.199. The monoisotopic (exact) mass is 284 g/mol. The molecule has 2 rings (SSSR count). The van der Waals surface area contributed by atoms with Crippen LogP contribution in [0.25, 0.3) is 11.3 Å². The average Bonchev–Trinajstić information content (AvgIpc) is 2.83. The zero-order valence-electron chi connectivity index (χ0n) is 10.5. The van der Waals surface area contributed by atoms with Gasteiger partial charge in [-0.2, -0.15) is 0 Å². The predicted octanol–water partition coefficient (Wildman–Crippen LogP) is 2.87. The summed E-state index contributed by atoms with van der Waals surface area (Å²) < 4.78 is 23.1. The number of nitrogens with one attached hydrogen (secondary N) is 1. The SMILES string of the molecule is COCCNCc1cc(-c2ccc(F)cc2Cl)on1. The first-order valence-corrected chi connectivity index (χ1v) is 6.19. The van der Waals surface area contributed by atoms with Gasteiger partial charge in [0.15, 0.2) is 5.76 Å². The number of rotatable bonds is 6. The van der Waals surface area contributed by atoms with E-state index in [4.69, 9.17) is 20.9 Å². The van der Waals surface area contributed by atoms with E-state index in [2.05, 4.69) is 10.5 Å². The number of ether oxygens (including phenoxy) is 1. The highest BCUT2D eigenvalue weighted by molar-refractivity contribution is 6.33. The minimum absolute atomic E-state index is 0.301. The normalized spacial score (nSPS) is 10.9. The summed E-state index contributed by atoms with van der Waals surface area (Å²) in [7, 11) is 1.65. The maximum atomic E-state index is 13.0. The van der Waals surface area contributed by atoms with Crippen molar-refractivity contribution < 1.29 is 13.7 Å². The molecule has 4 nitrogen and oxygen atoms in total. The maximum absolute atomic E-state index is 13.0. The fraction of sp³-hybridized carbons (Fsp3) is 0.308. The topological polar surface area (TPSA) is 47.3 Å². The molecule has 0 saturated carbocycles. The number of hydrogen-bond donors (Lipinski definition) is 1. The van der Waals surface area contributed by atoms with Crippen LogP contribution in [0.4, 0.5) is 4.39 Å². The highest BCUT2D eigenvalue weighted by Crippen LogP contribution is 2.28. The summed E-state index contributed by atoms with van der Waals surface area (Å²) in [6, 6.07) is 5.93. The molecule has 0 spiro atoms. The van der Waals surface area contributed by atoms with Gasteiger partial charge in [-0.05, 0) is 18.2 Å². The van der Waals surface area contributed by atoms with Gasteiger partial charge in [0.25, 0.3) is 0 Å². The lowest BCUT2D eigenvalue weighted by Crippen LogP contribution is -2.18. The molecule has 0 bridgehead atoms. The zero-order valence-corrected chi connectivity index (χ0v) is 11.2. The van der Waals surface area contributed by atoms with Crippen LogP contribution >= 0.6 is 11.6 Å². The molecule has 1 N–H and O–H groups in total. The Morgan fingerprint density at radius 1 is 1.42 bits per heavy atom. The summed E-state index contributed by atoms with van der Waals surface area (Å²) in [6.45, 7) is 1.94. The summed E-state index contributed by atoms with van der Waals surface area (Å²) in [6.07, 6.45) is 0. The fourth-order valence-electron chi connectivity index (χ4n) is 1.60. The van der Waals surface area contributed by atoms with E-state index in [0.717, 1.165) is 12.2 Å². The third-order valence-corrected chi connectivity index (χ3v) is 2.86. The first-order valence-electron chi connectivity index (χ1n) is 5.81. The highest BCUT2D eigenvalue weighted by Gasteiger charge is 2.10. The molecule has 19 heavy (non-hydrogen) atoms. The predicted molar refractivity (Wildman–Crippen MR) is 70.5 cm³/mol. The molecule has 2 aromatic rings. The molecule has 0 aliphatic heterocycles. The largest absolute Gasteiger partial charge is 0.383 e. The smallest absolute Gasteiger partial charge is 0.168 e. The zero-order chi connectivity index (χ0) is 13.7. The van der Waals surface area contributed by atoms with E-state index in [9.17, 15) is 4.39 Å². The van der Waals surface area contributed by atoms with Crippen molar-refractivity contribution in [2.45, 2.75) is 6.54 Å². The molecule has 1 aromatic carbocycles. The second-order valence-corrected chi connectivity index (χ2v) is 4.38. The van der Waals surface area contributed by atoms with Gasteiger partial charge in [-0.3, -0.25) is 0 Å². The van der Waals surface area contributed by atoms with Crippen molar-refractivity contribution in [3.63, 3.8) is 0 Å². The Hall–Kier alpha value is -1.43. The molecule has 0 saturated heterocycles. The van der Waals surface area contributed by atoms with Gasteiger partial charge in [0, 0.05) is 31.8 Å². The number of methoxy groups -OCH3 is 1. The lowest BCUT2D eigenvalue weighted by atomic mass is 10.1. The van der Waals surface area contributed by atoms with Crippen LogP contribution in [-0.4, -0.2) is 25.4 Å². The fourth-order valence-corrected chi connectivity index (χ4v) is 1.86. The number of halogens is 2. The van der Waals surface area contributed by atoms with Crippen LogP contribution in [0.15, 0.2) is 28.8 Å². The van der Waals surface area contributed by atoms with Gasteiger partial charge in [0.05, 0.1) is 17.3 Å². The minimum atomic E-state index is -0.380. The van der Waals surface area contributed by atoms with Gasteiger partial charge in [-0.15, -0.1) is 0 Å². The molecule has 1 aromatic heterocycles. The maximum Gasteiger partial charge on any atom is 0.168 e. The number of hydrogen-bond acceptors (Lipinski definition) is 4.